The molecule has 4 amide bonds. The molecule has 126 valence electrons. The molecule has 2 aromatic rings. The fourth-order valence-corrected chi connectivity index (χ4v) is 2.07. The van der Waals surface area contributed by atoms with E-state index < -0.39 is 0 Å². The van der Waals surface area contributed by atoms with E-state index >= 15 is 0 Å². The Hall–Kier alpha value is -3.02. The van der Waals surface area contributed by atoms with Crippen LogP contribution >= 0.6 is 0 Å². The topological polar surface area (TPSA) is 82.3 Å². The molecule has 0 spiro atoms. The van der Waals surface area contributed by atoms with Gasteiger partial charge in [0.15, 0.2) is 0 Å². The number of carbonyl (C=O) groups is 2. The van der Waals surface area contributed by atoms with Crippen LogP contribution in [0.15, 0.2) is 48.5 Å². The van der Waals surface area contributed by atoms with Crippen LogP contribution in [-0.2, 0) is 0 Å². The molecule has 2 rings (SSSR count). The normalized spacial score (nSPS) is 10.2. The first-order valence-corrected chi connectivity index (χ1v) is 7.75. The van der Waals surface area contributed by atoms with Crippen molar-refractivity contribution in [2.75, 3.05) is 16.0 Å². The van der Waals surface area contributed by atoms with Gasteiger partial charge in [0.1, 0.15) is 0 Å². The Bertz CT molecular complexity index is 714. The average Bonchev–Trinajstić information content (AvgIpc) is 2.50. The van der Waals surface area contributed by atoms with Crippen molar-refractivity contribution in [3.63, 3.8) is 0 Å². The molecule has 0 aromatic heterocycles. The van der Waals surface area contributed by atoms with E-state index in [4.69, 9.17) is 0 Å². The minimum atomic E-state index is -0.345. The van der Waals surface area contributed by atoms with Crippen molar-refractivity contribution >= 4 is 29.1 Å². The van der Waals surface area contributed by atoms with Gasteiger partial charge >= 0.3 is 12.1 Å². The zero-order chi connectivity index (χ0) is 17.5. The zero-order valence-electron chi connectivity index (χ0n) is 14.0. The maximum atomic E-state index is 12.0. The fourth-order valence-electron chi connectivity index (χ4n) is 2.07. The monoisotopic (exact) mass is 326 g/mol. The lowest BCUT2D eigenvalue weighted by Crippen LogP contribution is -2.34. The minimum Gasteiger partial charge on any atom is -0.336 e. The second-order valence-corrected chi connectivity index (χ2v) is 5.73. The molecule has 2 aromatic carbocycles. The highest BCUT2D eigenvalue weighted by atomic mass is 16.2. The molecule has 0 saturated heterocycles. The molecular weight excluding hydrogens is 304 g/mol. The number of anilines is 3. The number of aryl methyl sites for hydroxylation is 1. The Morgan fingerprint density at radius 2 is 1.50 bits per heavy atom. The molecular formula is C18H22N4O2. The molecule has 24 heavy (non-hydrogen) atoms. The highest BCUT2D eigenvalue weighted by Gasteiger charge is 2.08. The van der Waals surface area contributed by atoms with Crippen LogP contribution in [0.25, 0.3) is 0 Å². The quantitative estimate of drug-likeness (QED) is 0.680. The van der Waals surface area contributed by atoms with E-state index in [0.29, 0.717) is 17.1 Å². The van der Waals surface area contributed by atoms with Crippen LogP contribution in [0.3, 0.4) is 0 Å². The minimum absolute atomic E-state index is 0.0447. The van der Waals surface area contributed by atoms with Crippen LogP contribution in [0.4, 0.5) is 26.7 Å². The van der Waals surface area contributed by atoms with E-state index in [-0.39, 0.29) is 18.1 Å². The van der Waals surface area contributed by atoms with Crippen LogP contribution < -0.4 is 21.3 Å². The first-order chi connectivity index (χ1) is 11.4. The molecule has 0 atom stereocenters. The molecule has 0 aliphatic rings. The Morgan fingerprint density at radius 1 is 0.833 bits per heavy atom. The van der Waals surface area contributed by atoms with Gasteiger partial charge in [0.25, 0.3) is 0 Å². The summed E-state index contributed by atoms with van der Waals surface area (Å²) in [7, 11) is 0. The summed E-state index contributed by atoms with van der Waals surface area (Å²) in [6.07, 6.45) is 0. The van der Waals surface area contributed by atoms with Gasteiger partial charge in [0.05, 0.1) is 0 Å². The molecule has 0 saturated carbocycles. The molecule has 0 aliphatic heterocycles. The standard InChI is InChI=1S/C18H22N4O2/c1-12(2)19-17(23)22-16-11-15(10-9-13(16)3)21-18(24)20-14-7-5-4-6-8-14/h4-12H,1-3H3,(H2,19,22,23)(H2,20,21,24). The first kappa shape index (κ1) is 17.3. The fraction of sp³-hybridized carbons (Fsp3) is 0.222. The number of amides is 4. The second kappa shape index (κ2) is 8.01. The Morgan fingerprint density at radius 3 is 2.17 bits per heavy atom. The number of urea groups is 2. The van der Waals surface area contributed by atoms with Crippen molar-refractivity contribution in [1.29, 1.82) is 0 Å². The number of hydrogen-bond donors (Lipinski definition) is 4. The lowest BCUT2D eigenvalue weighted by atomic mass is 10.2. The maximum Gasteiger partial charge on any atom is 0.323 e. The molecule has 0 aliphatic carbocycles. The lowest BCUT2D eigenvalue weighted by molar-refractivity contribution is 0.250. The number of benzene rings is 2. The van der Waals surface area contributed by atoms with Gasteiger partial charge in [-0.3, -0.25) is 0 Å². The average molecular weight is 326 g/mol. The summed E-state index contributed by atoms with van der Waals surface area (Å²) in [6.45, 7) is 5.66. The molecule has 4 N–H and O–H groups in total. The molecule has 6 nitrogen and oxygen atoms in total. The Balaban J connectivity index is 2.02. The number of rotatable bonds is 4. The number of para-hydroxylation sites is 1. The van der Waals surface area contributed by atoms with Gasteiger partial charge in [0, 0.05) is 23.1 Å². The predicted molar refractivity (Wildman–Crippen MR) is 97.6 cm³/mol. The van der Waals surface area contributed by atoms with Crippen LogP contribution in [0.2, 0.25) is 0 Å². The van der Waals surface area contributed by atoms with Crippen molar-refractivity contribution in [2.45, 2.75) is 26.8 Å². The summed E-state index contributed by atoms with van der Waals surface area (Å²) in [6, 6.07) is 13.9. The number of carbonyl (C=O) groups excluding carboxylic acids is 2. The lowest BCUT2D eigenvalue weighted by Gasteiger charge is -2.14. The van der Waals surface area contributed by atoms with Gasteiger partial charge in [0.2, 0.25) is 0 Å². The molecule has 0 fully saturated rings. The predicted octanol–water partition coefficient (Wildman–Crippen LogP) is 4.17. The van der Waals surface area contributed by atoms with Crippen LogP contribution in [0.1, 0.15) is 19.4 Å². The number of nitrogens with one attached hydrogen (secondary N) is 4. The highest BCUT2D eigenvalue weighted by Crippen LogP contribution is 2.20. The largest absolute Gasteiger partial charge is 0.336 e. The van der Waals surface area contributed by atoms with E-state index in [1.807, 2.05) is 45.0 Å². The summed E-state index contributed by atoms with van der Waals surface area (Å²) in [5, 5.41) is 11.0. The van der Waals surface area contributed by atoms with Crippen LogP contribution in [0, 0.1) is 6.92 Å². The van der Waals surface area contributed by atoms with Crippen LogP contribution in [0.5, 0.6) is 0 Å². The van der Waals surface area contributed by atoms with Crippen molar-refractivity contribution < 1.29 is 9.59 Å². The van der Waals surface area contributed by atoms with Gasteiger partial charge in [-0.2, -0.15) is 0 Å². The van der Waals surface area contributed by atoms with Gasteiger partial charge < -0.3 is 21.3 Å². The van der Waals surface area contributed by atoms with Crippen molar-refractivity contribution in [1.82, 2.24) is 5.32 Å². The van der Waals surface area contributed by atoms with Crippen LogP contribution in [-0.4, -0.2) is 18.1 Å². The summed E-state index contributed by atoms with van der Waals surface area (Å²) in [5.74, 6) is 0. The third-order valence-corrected chi connectivity index (χ3v) is 3.20. The first-order valence-electron chi connectivity index (χ1n) is 7.75. The summed E-state index contributed by atoms with van der Waals surface area (Å²) in [5.41, 5.74) is 2.85. The van der Waals surface area contributed by atoms with Gasteiger partial charge in [-0.1, -0.05) is 24.3 Å². The third kappa shape index (κ3) is 5.31. The van der Waals surface area contributed by atoms with Crippen molar-refractivity contribution in [3.8, 4) is 0 Å². The molecule has 0 heterocycles. The van der Waals surface area contributed by atoms with Crippen molar-refractivity contribution in [3.05, 3.63) is 54.1 Å². The summed E-state index contributed by atoms with van der Waals surface area (Å²) in [4.78, 5) is 23.9. The molecule has 6 heteroatoms. The van der Waals surface area contributed by atoms with E-state index in [0.717, 1.165) is 5.56 Å². The van der Waals surface area contributed by atoms with Gasteiger partial charge in [-0.25, -0.2) is 9.59 Å². The van der Waals surface area contributed by atoms with Gasteiger partial charge in [-0.05, 0) is 50.6 Å². The Kier molecular flexibility index (Phi) is 5.78. The van der Waals surface area contributed by atoms with E-state index in [1.54, 1.807) is 24.3 Å². The number of hydrogen-bond acceptors (Lipinski definition) is 2. The van der Waals surface area contributed by atoms with Gasteiger partial charge in [-0.15, -0.1) is 0 Å². The third-order valence-electron chi connectivity index (χ3n) is 3.20. The second-order valence-electron chi connectivity index (χ2n) is 5.73. The van der Waals surface area contributed by atoms with E-state index in [1.165, 1.54) is 0 Å². The molecule has 0 unspecified atom stereocenters. The summed E-state index contributed by atoms with van der Waals surface area (Å²) < 4.78 is 0. The van der Waals surface area contributed by atoms with Crippen molar-refractivity contribution in [2.24, 2.45) is 0 Å². The maximum absolute atomic E-state index is 12.0. The molecule has 0 radical (unpaired) electrons. The molecule has 0 bridgehead atoms. The summed E-state index contributed by atoms with van der Waals surface area (Å²) >= 11 is 0. The highest BCUT2D eigenvalue weighted by molar-refractivity contribution is 6.00. The van der Waals surface area contributed by atoms with E-state index in [2.05, 4.69) is 21.3 Å². The Labute approximate surface area is 141 Å². The SMILES string of the molecule is Cc1ccc(NC(=O)Nc2ccccc2)cc1NC(=O)NC(C)C. The smallest absolute Gasteiger partial charge is 0.323 e. The zero-order valence-corrected chi connectivity index (χ0v) is 14.0. The van der Waals surface area contributed by atoms with E-state index in [9.17, 15) is 9.59 Å².